The third kappa shape index (κ3) is 5.93. The van der Waals surface area contributed by atoms with Gasteiger partial charge >= 0.3 is 6.09 Å². The van der Waals surface area contributed by atoms with Gasteiger partial charge in [-0.1, -0.05) is 0 Å². The van der Waals surface area contributed by atoms with Crippen molar-refractivity contribution in [2.75, 3.05) is 5.32 Å². The molecule has 1 aromatic carbocycles. The monoisotopic (exact) mass is 280 g/mol. The van der Waals surface area contributed by atoms with Crippen LogP contribution in [0.3, 0.4) is 0 Å². The molecule has 1 unspecified atom stereocenters. The quantitative estimate of drug-likeness (QED) is 0.740. The second-order valence-electron chi connectivity index (χ2n) is 5.99. The normalized spacial score (nSPS) is 12.8. The number of anilines is 1. The van der Waals surface area contributed by atoms with Gasteiger partial charge < -0.3 is 15.6 Å². The van der Waals surface area contributed by atoms with Crippen LogP contribution in [0, 0.1) is 0 Å². The van der Waals surface area contributed by atoms with Crippen LogP contribution in [-0.4, -0.2) is 22.8 Å². The number of phenolic OH excluding ortho intramolecular Hbond substituents is 1. The second-order valence-corrected chi connectivity index (χ2v) is 5.99. The Morgan fingerprint density at radius 2 is 2.10 bits per heavy atom. The number of amides is 1. The minimum absolute atomic E-state index is 0.0665. The first-order valence-corrected chi connectivity index (χ1v) is 6.75. The standard InChI is InChI=1S/C15H24N2O3/c1-10(16)5-6-11-9-12(7-8-13(11)18)17-14(19)20-15(2,3)4/h7-10,18H,5-6,16H2,1-4H3,(H,17,19). The molecule has 0 aromatic heterocycles. The molecule has 0 bridgehead atoms. The molecule has 4 N–H and O–H groups in total. The summed E-state index contributed by atoms with van der Waals surface area (Å²) in [6.45, 7) is 7.33. The topological polar surface area (TPSA) is 84.6 Å². The van der Waals surface area contributed by atoms with Gasteiger partial charge in [0.15, 0.2) is 0 Å². The average molecular weight is 280 g/mol. The maximum Gasteiger partial charge on any atom is 0.412 e. The van der Waals surface area contributed by atoms with Crippen molar-refractivity contribution in [1.82, 2.24) is 0 Å². The first-order valence-electron chi connectivity index (χ1n) is 6.75. The summed E-state index contributed by atoms with van der Waals surface area (Å²) in [5.41, 5.74) is 6.52. The number of ether oxygens (including phenoxy) is 1. The molecule has 1 atom stereocenters. The maximum atomic E-state index is 11.7. The van der Waals surface area contributed by atoms with Crippen molar-refractivity contribution < 1.29 is 14.6 Å². The third-order valence-corrected chi connectivity index (χ3v) is 2.59. The zero-order valence-corrected chi connectivity index (χ0v) is 12.6. The predicted octanol–water partition coefficient (Wildman–Crippen LogP) is 3.02. The highest BCUT2D eigenvalue weighted by molar-refractivity contribution is 5.85. The van der Waals surface area contributed by atoms with Gasteiger partial charge in [-0.25, -0.2) is 4.79 Å². The highest BCUT2D eigenvalue weighted by Crippen LogP contribution is 2.23. The molecule has 20 heavy (non-hydrogen) atoms. The summed E-state index contributed by atoms with van der Waals surface area (Å²) in [5, 5.41) is 12.4. The molecule has 0 spiro atoms. The van der Waals surface area contributed by atoms with Gasteiger partial charge in [0, 0.05) is 11.7 Å². The molecule has 1 amide bonds. The number of rotatable bonds is 4. The number of phenols is 1. The van der Waals surface area contributed by atoms with Crippen LogP contribution in [0.15, 0.2) is 18.2 Å². The second kappa shape index (κ2) is 6.61. The predicted molar refractivity (Wildman–Crippen MR) is 79.9 cm³/mol. The van der Waals surface area contributed by atoms with Crippen molar-refractivity contribution in [3.63, 3.8) is 0 Å². The van der Waals surface area contributed by atoms with Gasteiger partial charge in [0.25, 0.3) is 0 Å². The lowest BCUT2D eigenvalue weighted by atomic mass is 10.0. The maximum absolute atomic E-state index is 11.7. The van der Waals surface area contributed by atoms with Crippen molar-refractivity contribution in [2.45, 2.75) is 52.2 Å². The Morgan fingerprint density at radius 1 is 1.45 bits per heavy atom. The lowest BCUT2D eigenvalue weighted by molar-refractivity contribution is 0.0636. The number of hydrogen-bond donors (Lipinski definition) is 3. The summed E-state index contributed by atoms with van der Waals surface area (Å²) >= 11 is 0. The number of aryl methyl sites for hydroxylation is 1. The smallest absolute Gasteiger partial charge is 0.412 e. The van der Waals surface area contributed by atoms with Crippen LogP contribution < -0.4 is 11.1 Å². The van der Waals surface area contributed by atoms with Crippen LogP contribution in [0.4, 0.5) is 10.5 Å². The lowest BCUT2D eigenvalue weighted by Crippen LogP contribution is -2.27. The van der Waals surface area contributed by atoms with Crippen LogP contribution in [0.2, 0.25) is 0 Å². The third-order valence-electron chi connectivity index (χ3n) is 2.59. The molecule has 1 rings (SSSR count). The van der Waals surface area contributed by atoms with Crippen molar-refractivity contribution in [1.29, 1.82) is 0 Å². The summed E-state index contributed by atoms with van der Waals surface area (Å²) in [4.78, 5) is 11.7. The molecule has 5 heteroatoms. The number of carbonyl (C=O) groups excluding carboxylic acids is 1. The van der Waals surface area contributed by atoms with Crippen molar-refractivity contribution in [3.05, 3.63) is 23.8 Å². The Bertz CT molecular complexity index is 465. The van der Waals surface area contributed by atoms with E-state index in [1.165, 1.54) is 0 Å². The summed E-state index contributed by atoms with van der Waals surface area (Å²) in [6, 6.07) is 5.00. The Balaban J connectivity index is 2.72. The summed E-state index contributed by atoms with van der Waals surface area (Å²) in [6.07, 6.45) is 0.915. The van der Waals surface area contributed by atoms with Crippen molar-refractivity contribution >= 4 is 11.8 Å². The number of benzene rings is 1. The van der Waals surface area contributed by atoms with E-state index >= 15 is 0 Å². The summed E-state index contributed by atoms with van der Waals surface area (Å²) in [5.74, 6) is 0.209. The van der Waals surface area contributed by atoms with Gasteiger partial charge in [0.1, 0.15) is 11.4 Å². The number of hydrogen-bond acceptors (Lipinski definition) is 4. The summed E-state index contributed by atoms with van der Waals surface area (Å²) < 4.78 is 5.18. The number of aromatic hydroxyl groups is 1. The molecule has 5 nitrogen and oxygen atoms in total. The average Bonchev–Trinajstić information content (AvgIpc) is 2.27. The van der Waals surface area contributed by atoms with Gasteiger partial charge in [-0.2, -0.15) is 0 Å². The van der Waals surface area contributed by atoms with E-state index < -0.39 is 11.7 Å². The highest BCUT2D eigenvalue weighted by atomic mass is 16.6. The molecular formula is C15H24N2O3. The van der Waals surface area contributed by atoms with E-state index in [9.17, 15) is 9.90 Å². The van der Waals surface area contributed by atoms with E-state index in [1.54, 1.807) is 39.0 Å². The first-order chi connectivity index (χ1) is 9.17. The fraction of sp³-hybridized carbons (Fsp3) is 0.533. The molecule has 112 valence electrons. The van der Waals surface area contributed by atoms with E-state index in [2.05, 4.69) is 5.32 Å². The zero-order chi connectivity index (χ0) is 15.3. The SMILES string of the molecule is CC(N)CCc1cc(NC(=O)OC(C)(C)C)ccc1O. The fourth-order valence-corrected chi connectivity index (χ4v) is 1.67. The fourth-order valence-electron chi connectivity index (χ4n) is 1.67. The number of nitrogens with two attached hydrogens (primary N) is 1. The van der Waals surface area contributed by atoms with Crippen LogP contribution in [0.25, 0.3) is 0 Å². The van der Waals surface area contributed by atoms with E-state index in [4.69, 9.17) is 10.5 Å². The van der Waals surface area contributed by atoms with Crippen molar-refractivity contribution in [3.8, 4) is 5.75 Å². The molecule has 0 heterocycles. The molecular weight excluding hydrogens is 256 g/mol. The Hall–Kier alpha value is -1.75. The molecule has 0 fully saturated rings. The van der Waals surface area contributed by atoms with E-state index in [1.807, 2.05) is 6.92 Å². The van der Waals surface area contributed by atoms with Gasteiger partial charge in [-0.15, -0.1) is 0 Å². The molecule has 0 aliphatic rings. The zero-order valence-electron chi connectivity index (χ0n) is 12.6. The number of carbonyl (C=O) groups is 1. The molecule has 0 aliphatic heterocycles. The minimum Gasteiger partial charge on any atom is -0.508 e. The van der Waals surface area contributed by atoms with E-state index in [0.717, 1.165) is 12.0 Å². The van der Waals surface area contributed by atoms with Gasteiger partial charge in [0.05, 0.1) is 0 Å². The van der Waals surface area contributed by atoms with Crippen LogP contribution in [0.5, 0.6) is 5.75 Å². The van der Waals surface area contributed by atoms with Gasteiger partial charge in [-0.05, 0) is 64.3 Å². The van der Waals surface area contributed by atoms with Gasteiger partial charge in [0.2, 0.25) is 0 Å². The highest BCUT2D eigenvalue weighted by Gasteiger charge is 2.16. The number of nitrogens with one attached hydrogen (secondary N) is 1. The van der Waals surface area contributed by atoms with Crippen molar-refractivity contribution in [2.24, 2.45) is 5.73 Å². The summed E-state index contributed by atoms with van der Waals surface area (Å²) in [7, 11) is 0. The van der Waals surface area contributed by atoms with Crippen LogP contribution >= 0.6 is 0 Å². The molecule has 0 aliphatic carbocycles. The van der Waals surface area contributed by atoms with Gasteiger partial charge in [-0.3, -0.25) is 5.32 Å². The van der Waals surface area contributed by atoms with Crippen LogP contribution in [0.1, 0.15) is 39.7 Å². The molecule has 0 saturated heterocycles. The molecule has 1 aromatic rings. The van der Waals surface area contributed by atoms with E-state index in [0.29, 0.717) is 12.1 Å². The minimum atomic E-state index is -0.543. The first kappa shape index (κ1) is 16.3. The molecule has 0 saturated carbocycles. The van der Waals surface area contributed by atoms with Crippen LogP contribution in [-0.2, 0) is 11.2 Å². The largest absolute Gasteiger partial charge is 0.508 e. The lowest BCUT2D eigenvalue weighted by Gasteiger charge is -2.20. The molecule has 0 radical (unpaired) electrons. The Morgan fingerprint density at radius 3 is 2.65 bits per heavy atom. The van der Waals surface area contributed by atoms with E-state index in [-0.39, 0.29) is 11.8 Å². The Kier molecular flexibility index (Phi) is 5.39. The Labute approximate surface area is 120 Å².